The molecular weight excluding hydrogens is 360 g/mol. The van der Waals surface area contributed by atoms with Gasteiger partial charge in [-0.1, -0.05) is 41.9 Å². The Bertz CT molecular complexity index is 823. The molecule has 2 aromatic rings. The first-order chi connectivity index (χ1) is 11.7. The maximum atomic E-state index is 12.6. The first-order valence-electron chi connectivity index (χ1n) is 7.80. The Morgan fingerprint density at radius 2 is 1.60 bits per heavy atom. The average molecular weight is 381 g/mol. The Labute approximate surface area is 153 Å². The highest BCUT2D eigenvalue weighted by molar-refractivity contribution is 7.92. The number of anilines is 1. The second-order valence-corrected chi connectivity index (χ2v) is 8.15. The molecule has 0 saturated carbocycles. The zero-order valence-corrected chi connectivity index (χ0v) is 15.9. The van der Waals surface area contributed by atoms with Gasteiger partial charge >= 0.3 is 0 Å². The molecule has 5 nitrogen and oxygen atoms in total. The van der Waals surface area contributed by atoms with E-state index < -0.39 is 16.1 Å². The molecule has 0 saturated heterocycles. The maximum absolute atomic E-state index is 12.6. The second kappa shape index (κ2) is 7.89. The van der Waals surface area contributed by atoms with Crippen molar-refractivity contribution < 1.29 is 13.2 Å². The normalized spacial score (nSPS) is 13.8. The Morgan fingerprint density at radius 3 is 2.12 bits per heavy atom. The minimum Gasteiger partial charge on any atom is -0.348 e. The Kier molecular flexibility index (Phi) is 6.08. The second-order valence-electron chi connectivity index (χ2n) is 5.85. The quantitative estimate of drug-likeness (QED) is 0.835. The smallest absolute Gasteiger partial charge is 0.244 e. The number of nitrogens with zero attached hydrogens (tertiary/aromatic N) is 1. The third-order valence-electron chi connectivity index (χ3n) is 3.83. The Morgan fingerprint density at radius 1 is 1.04 bits per heavy atom. The topological polar surface area (TPSA) is 66.5 Å². The van der Waals surface area contributed by atoms with Gasteiger partial charge in [0.15, 0.2) is 0 Å². The standard InChI is InChI=1S/C18H21ClN2O3S/c1-13(15-7-5-4-6-8-15)20-18(22)14(2)21(25(3,23)24)17-11-9-16(19)10-12-17/h4-14H,1-3H3,(H,20,22)/t13-,14-/m0/s1. The summed E-state index contributed by atoms with van der Waals surface area (Å²) in [6.45, 7) is 3.41. The van der Waals surface area contributed by atoms with E-state index >= 15 is 0 Å². The van der Waals surface area contributed by atoms with E-state index in [1.165, 1.54) is 0 Å². The van der Waals surface area contributed by atoms with Crippen LogP contribution in [0.4, 0.5) is 5.69 Å². The van der Waals surface area contributed by atoms with E-state index in [0.717, 1.165) is 16.1 Å². The molecule has 0 aliphatic rings. The lowest BCUT2D eigenvalue weighted by Crippen LogP contribution is -2.48. The molecule has 7 heteroatoms. The summed E-state index contributed by atoms with van der Waals surface area (Å²) in [7, 11) is -3.65. The average Bonchev–Trinajstić information content (AvgIpc) is 2.56. The molecule has 0 aliphatic heterocycles. The number of benzene rings is 2. The van der Waals surface area contributed by atoms with Crippen LogP contribution in [0.15, 0.2) is 54.6 Å². The molecule has 2 aromatic carbocycles. The van der Waals surface area contributed by atoms with Crippen molar-refractivity contribution in [1.29, 1.82) is 0 Å². The molecule has 0 heterocycles. The predicted octanol–water partition coefficient (Wildman–Crippen LogP) is 3.37. The molecule has 0 aromatic heterocycles. The highest BCUT2D eigenvalue weighted by Gasteiger charge is 2.29. The molecule has 0 spiro atoms. The highest BCUT2D eigenvalue weighted by atomic mass is 35.5. The van der Waals surface area contributed by atoms with Crippen molar-refractivity contribution in [2.75, 3.05) is 10.6 Å². The molecule has 2 rings (SSSR count). The maximum Gasteiger partial charge on any atom is 0.244 e. The van der Waals surface area contributed by atoms with E-state index in [4.69, 9.17) is 11.6 Å². The number of amides is 1. The summed E-state index contributed by atoms with van der Waals surface area (Å²) in [4.78, 5) is 12.6. The summed E-state index contributed by atoms with van der Waals surface area (Å²) in [5, 5.41) is 3.35. The Hall–Kier alpha value is -2.05. The van der Waals surface area contributed by atoms with Gasteiger partial charge in [0.05, 0.1) is 18.0 Å². The molecular formula is C18H21ClN2O3S. The number of carbonyl (C=O) groups excluding carboxylic acids is 1. The largest absolute Gasteiger partial charge is 0.348 e. The van der Waals surface area contributed by atoms with Crippen molar-refractivity contribution in [1.82, 2.24) is 5.32 Å². The molecule has 0 aliphatic carbocycles. The van der Waals surface area contributed by atoms with Gasteiger partial charge in [-0.3, -0.25) is 9.10 Å². The van der Waals surface area contributed by atoms with Crippen LogP contribution in [0.25, 0.3) is 0 Å². The third-order valence-corrected chi connectivity index (χ3v) is 5.32. The van der Waals surface area contributed by atoms with Gasteiger partial charge in [-0.05, 0) is 43.7 Å². The lowest BCUT2D eigenvalue weighted by Gasteiger charge is -2.29. The monoisotopic (exact) mass is 380 g/mol. The van der Waals surface area contributed by atoms with E-state index in [1.54, 1.807) is 31.2 Å². The fraction of sp³-hybridized carbons (Fsp3) is 0.278. The van der Waals surface area contributed by atoms with Crippen LogP contribution in [0.3, 0.4) is 0 Å². The van der Waals surface area contributed by atoms with Crippen LogP contribution in [0, 0.1) is 0 Å². The first kappa shape index (κ1) is 19.3. The van der Waals surface area contributed by atoms with Crippen molar-refractivity contribution >= 4 is 33.2 Å². The molecule has 1 N–H and O–H groups in total. The van der Waals surface area contributed by atoms with Crippen molar-refractivity contribution in [2.24, 2.45) is 0 Å². The van der Waals surface area contributed by atoms with Gasteiger partial charge in [-0.25, -0.2) is 8.42 Å². The number of halogens is 1. The highest BCUT2D eigenvalue weighted by Crippen LogP contribution is 2.23. The molecule has 134 valence electrons. The predicted molar refractivity (Wildman–Crippen MR) is 101 cm³/mol. The summed E-state index contributed by atoms with van der Waals surface area (Å²) < 4.78 is 25.6. The third kappa shape index (κ3) is 4.96. The van der Waals surface area contributed by atoms with Crippen LogP contribution in [-0.4, -0.2) is 26.6 Å². The summed E-state index contributed by atoms with van der Waals surface area (Å²) >= 11 is 5.86. The number of sulfonamides is 1. The van der Waals surface area contributed by atoms with Crippen LogP contribution in [0.5, 0.6) is 0 Å². The number of rotatable bonds is 6. The summed E-state index contributed by atoms with van der Waals surface area (Å²) in [5.41, 5.74) is 1.34. The number of hydrogen-bond donors (Lipinski definition) is 1. The van der Waals surface area contributed by atoms with E-state index in [2.05, 4.69) is 5.32 Å². The van der Waals surface area contributed by atoms with Crippen molar-refractivity contribution in [3.8, 4) is 0 Å². The minimum atomic E-state index is -3.65. The van der Waals surface area contributed by atoms with Crippen molar-refractivity contribution in [3.63, 3.8) is 0 Å². The fourth-order valence-electron chi connectivity index (χ4n) is 2.56. The summed E-state index contributed by atoms with van der Waals surface area (Å²) in [5.74, 6) is -0.378. The van der Waals surface area contributed by atoms with Gasteiger partial charge < -0.3 is 5.32 Å². The zero-order valence-electron chi connectivity index (χ0n) is 14.3. The van der Waals surface area contributed by atoms with E-state index in [9.17, 15) is 13.2 Å². The van der Waals surface area contributed by atoms with Crippen LogP contribution in [0.2, 0.25) is 5.02 Å². The van der Waals surface area contributed by atoms with Crippen LogP contribution < -0.4 is 9.62 Å². The van der Waals surface area contributed by atoms with Gasteiger partial charge in [-0.15, -0.1) is 0 Å². The van der Waals surface area contributed by atoms with Crippen LogP contribution >= 0.6 is 11.6 Å². The van der Waals surface area contributed by atoms with Crippen molar-refractivity contribution in [2.45, 2.75) is 25.9 Å². The van der Waals surface area contributed by atoms with Crippen molar-refractivity contribution in [3.05, 3.63) is 65.2 Å². The zero-order chi connectivity index (χ0) is 18.6. The van der Waals surface area contributed by atoms with Gasteiger partial charge in [0, 0.05) is 5.02 Å². The first-order valence-corrected chi connectivity index (χ1v) is 10.0. The van der Waals surface area contributed by atoms with Gasteiger partial charge in [0.1, 0.15) is 6.04 Å². The van der Waals surface area contributed by atoms with Gasteiger partial charge in [0.2, 0.25) is 15.9 Å². The molecule has 25 heavy (non-hydrogen) atoms. The fourth-order valence-corrected chi connectivity index (χ4v) is 3.86. The molecule has 0 bridgehead atoms. The minimum absolute atomic E-state index is 0.234. The summed E-state index contributed by atoms with van der Waals surface area (Å²) in [6.07, 6.45) is 1.08. The summed E-state index contributed by atoms with van der Waals surface area (Å²) in [6, 6.07) is 14.7. The van der Waals surface area contributed by atoms with Gasteiger partial charge in [0.25, 0.3) is 0 Å². The van der Waals surface area contributed by atoms with E-state index in [-0.39, 0.29) is 11.9 Å². The molecule has 0 radical (unpaired) electrons. The lowest BCUT2D eigenvalue weighted by atomic mass is 10.1. The molecule has 1 amide bonds. The Balaban J connectivity index is 2.23. The molecule has 0 fully saturated rings. The van der Waals surface area contributed by atoms with E-state index in [0.29, 0.717) is 10.7 Å². The van der Waals surface area contributed by atoms with E-state index in [1.807, 2.05) is 37.3 Å². The number of hydrogen-bond acceptors (Lipinski definition) is 3. The number of nitrogens with one attached hydrogen (secondary N) is 1. The molecule has 2 atom stereocenters. The lowest BCUT2D eigenvalue weighted by molar-refractivity contribution is -0.122. The van der Waals surface area contributed by atoms with Gasteiger partial charge in [-0.2, -0.15) is 0 Å². The van der Waals surface area contributed by atoms with Crippen LogP contribution in [0.1, 0.15) is 25.5 Å². The van der Waals surface area contributed by atoms with Crippen LogP contribution in [-0.2, 0) is 14.8 Å². The SMILES string of the molecule is C[C@H](NC(=O)[C@H](C)N(c1ccc(Cl)cc1)S(C)(=O)=O)c1ccccc1. The molecule has 0 unspecified atom stereocenters. The number of carbonyl (C=O) groups is 1.